The fourth-order valence-electron chi connectivity index (χ4n) is 1.66. The van der Waals surface area contributed by atoms with Gasteiger partial charge in [-0.2, -0.15) is 13.2 Å². The molecule has 0 saturated heterocycles. The molecule has 0 radical (unpaired) electrons. The Kier molecular flexibility index (Phi) is 3.42. The third kappa shape index (κ3) is 2.83. The van der Waals surface area contributed by atoms with Crippen molar-refractivity contribution >= 4 is 0 Å². The highest BCUT2D eigenvalue weighted by atomic mass is 19.4. The Balaban J connectivity index is 2.55. The van der Waals surface area contributed by atoms with Gasteiger partial charge in [-0.15, -0.1) is 0 Å². The van der Waals surface area contributed by atoms with Crippen molar-refractivity contribution in [3.8, 4) is 17.1 Å². The second-order valence-electron chi connectivity index (χ2n) is 3.93. The Morgan fingerprint density at radius 2 is 1.89 bits per heavy atom. The molecule has 0 atom stereocenters. The zero-order valence-corrected chi connectivity index (χ0v) is 10.3. The monoisotopic (exact) mass is 268 g/mol. The number of hydrogen-bond donors (Lipinski definition) is 0. The maximum atomic E-state index is 12.9. The van der Waals surface area contributed by atoms with Gasteiger partial charge < -0.3 is 4.74 Å². The molecule has 100 valence electrons. The number of ether oxygens (including phenoxy) is 1. The van der Waals surface area contributed by atoms with Crippen LogP contribution in [0.5, 0.6) is 5.75 Å². The molecule has 2 rings (SSSR count). The summed E-state index contributed by atoms with van der Waals surface area (Å²) in [7, 11) is 1.20. The summed E-state index contributed by atoms with van der Waals surface area (Å²) in [6, 6.07) is 5.44. The summed E-state index contributed by atoms with van der Waals surface area (Å²) < 4.78 is 43.4. The van der Waals surface area contributed by atoms with E-state index < -0.39 is 11.7 Å². The van der Waals surface area contributed by atoms with Crippen molar-refractivity contribution in [1.29, 1.82) is 0 Å². The molecule has 0 unspecified atom stereocenters. The minimum Gasteiger partial charge on any atom is -0.496 e. The van der Waals surface area contributed by atoms with Crippen LogP contribution in [-0.4, -0.2) is 17.1 Å². The van der Waals surface area contributed by atoms with Gasteiger partial charge in [-0.3, -0.25) is 0 Å². The van der Waals surface area contributed by atoms with E-state index in [0.717, 1.165) is 6.07 Å². The number of nitrogens with zero attached hydrogens (tertiary/aromatic N) is 2. The van der Waals surface area contributed by atoms with E-state index in [-0.39, 0.29) is 11.6 Å². The molecule has 0 saturated carbocycles. The van der Waals surface area contributed by atoms with Crippen LogP contribution in [0.25, 0.3) is 11.4 Å². The third-order valence-corrected chi connectivity index (χ3v) is 2.56. The Morgan fingerprint density at radius 1 is 1.16 bits per heavy atom. The fraction of sp³-hybridized carbons (Fsp3) is 0.231. The van der Waals surface area contributed by atoms with Gasteiger partial charge in [0, 0.05) is 17.5 Å². The van der Waals surface area contributed by atoms with Crippen LogP contribution in [0.2, 0.25) is 0 Å². The van der Waals surface area contributed by atoms with Crippen LogP contribution in [0.3, 0.4) is 0 Å². The SMILES string of the molecule is COc1ccc(-c2nccc(C)n2)cc1C(F)(F)F. The molecule has 3 nitrogen and oxygen atoms in total. The normalized spacial score (nSPS) is 11.4. The first-order chi connectivity index (χ1) is 8.91. The molecule has 0 fully saturated rings. The first kappa shape index (κ1) is 13.3. The lowest BCUT2D eigenvalue weighted by molar-refractivity contribution is -0.138. The highest BCUT2D eigenvalue weighted by Crippen LogP contribution is 2.38. The average molecular weight is 268 g/mol. The number of hydrogen-bond acceptors (Lipinski definition) is 3. The third-order valence-electron chi connectivity index (χ3n) is 2.56. The summed E-state index contributed by atoms with van der Waals surface area (Å²) >= 11 is 0. The van der Waals surface area contributed by atoms with Crippen molar-refractivity contribution in [3.05, 3.63) is 41.7 Å². The van der Waals surface area contributed by atoms with Crippen LogP contribution in [0, 0.1) is 6.92 Å². The summed E-state index contributed by atoms with van der Waals surface area (Å²) in [5.74, 6) is 0.0389. The number of methoxy groups -OCH3 is 1. The van der Waals surface area contributed by atoms with E-state index in [9.17, 15) is 13.2 Å². The van der Waals surface area contributed by atoms with Crippen LogP contribution in [0.15, 0.2) is 30.5 Å². The zero-order valence-electron chi connectivity index (χ0n) is 10.3. The number of rotatable bonds is 2. The molecule has 6 heteroatoms. The summed E-state index contributed by atoms with van der Waals surface area (Å²) in [5, 5.41) is 0. The van der Waals surface area contributed by atoms with Gasteiger partial charge in [0.2, 0.25) is 0 Å². The number of alkyl halides is 3. The predicted molar refractivity (Wildman–Crippen MR) is 63.8 cm³/mol. The van der Waals surface area contributed by atoms with Crippen LogP contribution in [-0.2, 0) is 6.18 Å². The Hall–Kier alpha value is -2.11. The maximum absolute atomic E-state index is 12.9. The van der Waals surface area contributed by atoms with Gasteiger partial charge in [0.1, 0.15) is 5.75 Å². The van der Waals surface area contributed by atoms with Crippen LogP contribution in [0.1, 0.15) is 11.3 Å². The summed E-state index contributed by atoms with van der Waals surface area (Å²) in [5.41, 5.74) is 0.156. The molecule has 0 bridgehead atoms. The first-order valence-electron chi connectivity index (χ1n) is 5.47. The van der Waals surface area contributed by atoms with Crippen LogP contribution in [0.4, 0.5) is 13.2 Å². The second-order valence-corrected chi connectivity index (χ2v) is 3.93. The van der Waals surface area contributed by atoms with Crippen LogP contribution < -0.4 is 4.74 Å². The fourth-order valence-corrected chi connectivity index (χ4v) is 1.66. The highest BCUT2D eigenvalue weighted by Gasteiger charge is 2.34. The van der Waals surface area contributed by atoms with Gasteiger partial charge >= 0.3 is 6.18 Å². The van der Waals surface area contributed by atoms with Crippen molar-refractivity contribution in [1.82, 2.24) is 9.97 Å². The number of aromatic nitrogens is 2. The lowest BCUT2D eigenvalue weighted by atomic mass is 10.1. The zero-order chi connectivity index (χ0) is 14.0. The molecule has 1 aromatic heterocycles. The highest BCUT2D eigenvalue weighted by molar-refractivity contribution is 5.59. The molecule has 0 spiro atoms. The predicted octanol–water partition coefficient (Wildman–Crippen LogP) is 3.48. The lowest BCUT2D eigenvalue weighted by Gasteiger charge is -2.13. The van der Waals surface area contributed by atoms with Crippen molar-refractivity contribution in [2.24, 2.45) is 0 Å². The van der Waals surface area contributed by atoms with E-state index >= 15 is 0 Å². The largest absolute Gasteiger partial charge is 0.496 e. The molecule has 0 aliphatic carbocycles. The molecule has 0 amide bonds. The standard InChI is InChI=1S/C13H11F3N2O/c1-8-5-6-17-12(18-8)9-3-4-11(19-2)10(7-9)13(14,15)16/h3-7H,1-2H3. The molecular formula is C13H11F3N2O. The van der Waals surface area contributed by atoms with E-state index in [0.29, 0.717) is 11.3 Å². The molecule has 0 aliphatic rings. The Bertz CT molecular complexity index is 597. The van der Waals surface area contributed by atoms with E-state index in [1.165, 1.54) is 25.4 Å². The lowest BCUT2D eigenvalue weighted by Crippen LogP contribution is -2.08. The van der Waals surface area contributed by atoms with Crippen molar-refractivity contribution in [2.45, 2.75) is 13.1 Å². The van der Waals surface area contributed by atoms with E-state index in [1.54, 1.807) is 13.0 Å². The van der Waals surface area contributed by atoms with Gasteiger partial charge in [-0.25, -0.2) is 9.97 Å². The number of benzene rings is 1. The van der Waals surface area contributed by atoms with Crippen molar-refractivity contribution in [2.75, 3.05) is 7.11 Å². The molecule has 0 aliphatic heterocycles. The minimum absolute atomic E-state index is 0.219. The van der Waals surface area contributed by atoms with E-state index in [2.05, 4.69) is 9.97 Å². The van der Waals surface area contributed by atoms with Crippen molar-refractivity contribution < 1.29 is 17.9 Å². The second kappa shape index (κ2) is 4.87. The maximum Gasteiger partial charge on any atom is 0.419 e. The van der Waals surface area contributed by atoms with E-state index in [4.69, 9.17) is 4.74 Å². The summed E-state index contributed by atoms with van der Waals surface area (Å²) in [6.45, 7) is 1.75. The van der Waals surface area contributed by atoms with Gasteiger partial charge in [0.15, 0.2) is 5.82 Å². The summed E-state index contributed by atoms with van der Waals surface area (Å²) in [4.78, 5) is 8.07. The Labute approximate surface area is 108 Å². The first-order valence-corrected chi connectivity index (χ1v) is 5.47. The van der Waals surface area contributed by atoms with E-state index in [1.807, 2.05) is 0 Å². The summed E-state index contributed by atoms with van der Waals surface area (Å²) in [6.07, 6.45) is -2.97. The topological polar surface area (TPSA) is 35.0 Å². The molecule has 1 aromatic carbocycles. The van der Waals surface area contributed by atoms with Gasteiger partial charge in [-0.05, 0) is 31.2 Å². The molecule has 0 N–H and O–H groups in total. The minimum atomic E-state index is -4.48. The quantitative estimate of drug-likeness (QED) is 0.836. The Morgan fingerprint density at radius 3 is 2.47 bits per heavy atom. The van der Waals surface area contributed by atoms with Gasteiger partial charge in [-0.1, -0.05) is 0 Å². The van der Waals surface area contributed by atoms with Crippen LogP contribution >= 0.6 is 0 Å². The van der Waals surface area contributed by atoms with Crippen molar-refractivity contribution in [3.63, 3.8) is 0 Å². The molecule has 19 heavy (non-hydrogen) atoms. The average Bonchev–Trinajstić information content (AvgIpc) is 2.37. The molecular weight excluding hydrogens is 257 g/mol. The smallest absolute Gasteiger partial charge is 0.419 e. The van der Waals surface area contributed by atoms with Gasteiger partial charge in [0.25, 0.3) is 0 Å². The number of aryl methyl sites for hydroxylation is 1. The molecule has 2 aromatic rings. The molecule has 1 heterocycles. The van der Waals surface area contributed by atoms with Gasteiger partial charge in [0.05, 0.1) is 12.7 Å². The number of halogens is 3.